The molecule has 1 saturated heterocycles. The van der Waals surface area contributed by atoms with Gasteiger partial charge in [0.25, 0.3) is 5.91 Å². The van der Waals surface area contributed by atoms with Crippen LogP contribution < -0.4 is 5.43 Å². The fourth-order valence-electron chi connectivity index (χ4n) is 5.99. The average molecular weight is 492 g/mol. The summed E-state index contributed by atoms with van der Waals surface area (Å²) in [5.74, 6) is 1.24. The molecule has 2 unspecified atom stereocenters. The number of carbonyl (C=O) groups excluding carboxylic acids is 1. The maximum atomic E-state index is 13.2. The number of nitrogens with zero attached hydrogens (tertiary/aromatic N) is 7. The Labute approximate surface area is 210 Å². The van der Waals surface area contributed by atoms with Gasteiger partial charge in [-0.2, -0.15) is 10.2 Å². The summed E-state index contributed by atoms with van der Waals surface area (Å²) >= 11 is 0. The molecule has 2 aliphatic carbocycles. The highest BCUT2D eigenvalue weighted by Gasteiger charge is 2.39. The van der Waals surface area contributed by atoms with Crippen molar-refractivity contribution in [1.82, 2.24) is 30.5 Å². The Bertz CT molecular complexity index is 1170. The summed E-state index contributed by atoms with van der Waals surface area (Å²) in [5, 5.41) is 36.1. The number of piperidine rings is 1. The van der Waals surface area contributed by atoms with Gasteiger partial charge in [-0.3, -0.25) is 10.2 Å². The molecule has 1 aromatic heterocycles. The number of hydrogen-bond donors (Lipinski definition) is 3. The number of aromatic hydroxyl groups is 1. The minimum absolute atomic E-state index is 0.116. The fourth-order valence-corrected chi connectivity index (χ4v) is 5.99. The van der Waals surface area contributed by atoms with E-state index in [9.17, 15) is 9.90 Å². The molecule has 3 N–H and O–H groups in total. The smallest absolute Gasteiger partial charge is 0.296 e. The van der Waals surface area contributed by atoms with E-state index in [-0.39, 0.29) is 29.5 Å². The van der Waals surface area contributed by atoms with Gasteiger partial charge in [-0.05, 0) is 79.8 Å². The molecule has 4 aliphatic rings. The van der Waals surface area contributed by atoms with Crippen molar-refractivity contribution in [3.05, 3.63) is 29.6 Å². The Balaban J connectivity index is 1.13. The minimum Gasteiger partial charge on any atom is -0.505 e. The minimum atomic E-state index is -0.170. The summed E-state index contributed by atoms with van der Waals surface area (Å²) in [7, 11) is 0. The normalized spacial score (nSPS) is 27.0. The van der Waals surface area contributed by atoms with Crippen LogP contribution in [0.25, 0.3) is 0 Å². The number of phenols is 1. The first kappa shape index (κ1) is 23.1. The maximum Gasteiger partial charge on any atom is 0.296 e. The van der Waals surface area contributed by atoms with Crippen molar-refractivity contribution >= 4 is 23.0 Å². The first-order valence-electron chi connectivity index (χ1n) is 13.1. The van der Waals surface area contributed by atoms with Crippen LogP contribution in [0.15, 0.2) is 28.4 Å². The molecule has 0 bridgehead atoms. The highest BCUT2D eigenvalue weighted by atomic mass is 16.3. The number of anilines is 1. The average Bonchev–Trinajstić information content (AvgIpc) is 3.53. The van der Waals surface area contributed by atoms with E-state index in [1.54, 1.807) is 11.1 Å². The van der Waals surface area contributed by atoms with Crippen molar-refractivity contribution in [2.75, 3.05) is 18.5 Å². The molecule has 6 rings (SSSR count). The van der Waals surface area contributed by atoms with E-state index in [2.05, 4.69) is 41.2 Å². The molecule has 2 saturated carbocycles. The predicted molar refractivity (Wildman–Crippen MR) is 135 cm³/mol. The number of hydrazone groups is 2. The fraction of sp³-hybridized carbons (Fsp3) is 0.600. The van der Waals surface area contributed by atoms with Gasteiger partial charge in [-0.25, -0.2) is 10.1 Å². The molecule has 11 heteroatoms. The number of carbonyl (C=O) groups is 1. The summed E-state index contributed by atoms with van der Waals surface area (Å²) < 4.78 is 0. The summed E-state index contributed by atoms with van der Waals surface area (Å²) in [6.45, 7) is 3.86. The zero-order valence-electron chi connectivity index (χ0n) is 20.6. The molecule has 3 fully saturated rings. The van der Waals surface area contributed by atoms with E-state index in [1.807, 2.05) is 19.1 Å². The molecular formula is C25H33N9O2. The SMILES string of the molecule is CC1=NN(C2CCN(C3CC3)CC2)C(=O)/C1=N/Nc1cccc(C2CCCC(c3nnn[nH]3)C2)c1O. The first-order valence-corrected chi connectivity index (χ1v) is 13.1. The van der Waals surface area contributed by atoms with Gasteiger partial charge in [0.1, 0.15) is 5.75 Å². The molecule has 11 nitrogen and oxygen atoms in total. The molecule has 2 aliphatic heterocycles. The third kappa shape index (κ3) is 4.47. The molecular weight excluding hydrogens is 458 g/mol. The summed E-state index contributed by atoms with van der Waals surface area (Å²) in [4.78, 5) is 15.7. The zero-order valence-corrected chi connectivity index (χ0v) is 20.6. The van der Waals surface area contributed by atoms with Crippen LogP contribution in [0, 0.1) is 0 Å². The monoisotopic (exact) mass is 491 g/mol. The molecule has 1 aromatic carbocycles. The Morgan fingerprint density at radius 2 is 1.89 bits per heavy atom. The Morgan fingerprint density at radius 1 is 1.08 bits per heavy atom. The molecule has 1 amide bonds. The largest absolute Gasteiger partial charge is 0.505 e. The van der Waals surface area contributed by atoms with E-state index >= 15 is 0 Å². The van der Waals surface area contributed by atoms with Gasteiger partial charge < -0.3 is 10.0 Å². The molecule has 0 radical (unpaired) electrons. The standard InChI is InChI=1S/C25H33N9O2/c1-15-22(25(36)34(30-15)19-10-12-33(13-11-19)18-8-9-18)27-26-21-7-3-6-20(23(21)35)16-4-2-5-17(14-16)24-28-31-32-29-24/h3,6-7,16-19,26,35H,2,4-5,8-14H2,1H3,(H,28,29,31,32)/b27-22+. The second-order valence-electron chi connectivity index (χ2n) is 10.5. The Morgan fingerprint density at radius 3 is 2.64 bits per heavy atom. The van der Waals surface area contributed by atoms with Crippen LogP contribution in [-0.2, 0) is 4.79 Å². The van der Waals surface area contributed by atoms with Crippen molar-refractivity contribution < 1.29 is 9.90 Å². The number of tetrazole rings is 1. The number of likely N-dealkylation sites (tertiary alicyclic amines) is 1. The highest BCUT2D eigenvalue weighted by molar-refractivity contribution is 6.68. The molecule has 2 aromatic rings. The quantitative estimate of drug-likeness (QED) is 0.418. The van der Waals surface area contributed by atoms with Crippen LogP contribution >= 0.6 is 0 Å². The number of benzene rings is 1. The van der Waals surface area contributed by atoms with Crippen LogP contribution in [0.1, 0.15) is 81.5 Å². The van der Waals surface area contributed by atoms with Gasteiger partial charge >= 0.3 is 0 Å². The second kappa shape index (κ2) is 9.61. The summed E-state index contributed by atoms with van der Waals surface area (Å²) in [5.41, 5.74) is 5.22. The Kier molecular flexibility index (Phi) is 6.16. The van der Waals surface area contributed by atoms with Crippen LogP contribution in [0.3, 0.4) is 0 Å². The number of rotatable bonds is 6. The number of para-hydroxylation sites is 1. The van der Waals surface area contributed by atoms with Gasteiger partial charge in [0.15, 0.2) is 11.5 Å². The number of hydrogen-bond acceptors (Lipinski definition) is 9. The predicted octanol–water partition coefficient (Wildman–Crippen LogP) is 2.96. The van der Waals surface area contributed by atoms with Crippen molar-refractivity contribution in [1.29, 1.82) is 0 Å². The number of aromatic nitrogens is 4. The van der Waals surface area contributed by atoms with Crippen LogP contribution in [0.4, 0.5) is 5.69 Å². The second-order valence-corrected chi connectivity index (χ2v) is 10.5. The number of nitrogens with one attached hydrogen (secondary N) is 2. The molecule has 190 valence electrons. The maximum absolute atomic E-state index is 13.2. The van der Waals surface area contributed by atoms with E-state index in [0.717, 1.165) is 69.0 Å². The lowest BCUT2D eigenvalue weighted by molar-refractivity contribution is -0.126. The van der Waals surface area contributed by atoms with Gasteiger partial charge in [-0.1, -0.05) is 18.6 Å². The third-order valence-electron chi connectivity index (χ3n) is 8.14. The van der Waals surface area contributed by atoms with Crippen molar-refractivity contribution in [2.45, 2.75) is 82.2 Å². The van der Waals surface area contributed by atoms with Gasteiger partial charge in [0.2, 0.25) is 0 Å². The van der Waals surface area contributed by atoms with Crippen LogP contribution in [-0.4, -0.2) is 78.1 Å². The van der Waals surface area contributed by atoms with Crippen LogP contribution in [0.5, 0.6) is 5.75 Å². The molecule has 3 heterocycles. The van der Waals surface area contributed by atoms with E-state index in [4.69, 9.17) is 0 Å². The zero-order chi connectivity index (χ0) is 24.6. The summed E-state index contributed by atoms with van der Waals surface area (Å²) in [6, 6.07) is 6.53. The van der Waals surface area contributed by atoms with Gasteiger partial charge in [0, 0.05) is 25.0 Å². The van der Waals surface area contributed by atoms with E-state index in [1.165, 1.54) is 12.8 Å². The van der Waals surface area contributed by atoms with Crippen molar-refractivity contribution in [3.8, 4) is 5.75 Å². The van der Waals surface area contributed by atoms with Crippen molar-refractivity contribution in [3.63, 3.8) is 0 Å². The lowest BCUT2D eigenvalue weighted by Crippen LogP contribution is -2.45. The molecule has 2 atom stereocenters. The lowest BCUT2D eigenvalue weighted by Gasteiger charge is -2.34. The van der Waals surface area contributed by atoms with Crippen LogP contribution in [0.2, 0.25) is 0 Å². The first-order chi connectivity index (χ1) is 17.6. The summed E-state index contributed by atoms with van der Waals surface area (Å²) in [6.07, 6.45) is 8.40. The topological polar surface area (TPSA) is 135 Å². The van der Waals surface area contributed by atoms with Crippen molar-refractivity contribution in [2.24, 2.45) is 10.2 Å². The highest BCUT2D eigenvalue weighted by Crippen LogP contribution is 2.44. The van der Waals surface area contributed by atoms with Gasteiger partial charge in [0.05, 0.1) is 17.4 Å². The number of amides is 1. The number of H-pyrrole nitrogens is 1. The molecule has 36 heavy (non-hydrogen) atoms. The Hall–Kier alpha value is -3.34. The number of aromatic amines is 1. The van der Waals surface area contributed by atoms with Gasteiger partial charge in [-0.15, -0.1) is 5.10 Å². The van der Waals surface area contributed by atoms with E-state index < -0.39 is 0 Å². The van der Waals surface area contributed by atoms with E-state index in [0.29, 0.717) is 17.1 Å². The molecule has 0 spiro atoms. The lowest BCUT2D eigenvalue weighted by atomic mass is 9.77. The number of phenolic OH excluding ortho intramolecular Hbond substituents is 1. The third-order valence-corrected chi connectivity index (χ3v) is 8.14.